The Hall–Kier alpha value is -0.670. The summed E-state index contributed by atoms with van der Waals surface area (Å²) in [7, 11) is 0. The average Bonchev–Trinajstić information content (AvgIpc) is 2.01. The topological polar surface area (TPSA) is 26.0 Å². The van der Waals surface area contributed by atoms with Crippen LogP contribution >= 0.6 is 15.9 Å². The second-order valence-corrected chi connectivity index (χ2v) is 4.26. The van der Waals surface area contributed by atoms with Gasteiger partial charge >= 0.3 is 0 Å². The molecule has 0 unspecified atom stereocenters. The zero-order chi connectivity index (χ0) is 10.7. The highest BCUT2D eigenvalue weighted by Crippen LogP contribution is 2.27. The molecule has 0 aliphatic carbocycles. The van der Waals surface area contributed by atoms with E-state index in [1.54, 1.807) is 12.1 Å². The van der Waals surface area contributed by atoms with Gasteiger partial charge in [0.2, 0.25) is 0 Å². The van der Waals surface area contributed by atoms with Gasteiger partial charge in [0.05, 0.1) is 0 Å². The number of halogens is 2. The zero-order valence-electron chi connectivity index (χ0n) is 8.06. The largest absolute Gasteiger partial charge is 0.324 e. The van der Waals surface area contributed by atoms with Crippen LogP contribution in [0.25, 0.3) is 0 Å². The summed E-state index contributed by atoms with van der Waals surface area (Å²) >= 11 is 3.29. The maximum absolute atomic E-state index is 13.4. The number of nitrogens with two attached hydrogens (primary N) is 1. The summed E-state index contributed by atoms with van der Waals surface area (Å²) in [6, 6.07) is 4.52. The van der Waals surface area contributed by atoms with E-state index in [1.165, 1.54) is 6.07 Å². The first-order valence-corrected chi connectivity index (χ1v) is 5.15. The van der Waals surface area contributed by atoms with Crippen LogP contribution in [-0.4, -0.2) is 0 Å². The summed E-state index contributed by atoms with van der Waals surface area (Å²) in [4.78, 5) is 0. The summed E-state index contributed by atoms with van der Waals surface area (Å²) in [5.74, 6) is -0.270. The molecular weight excluding hydrogens is 245 g/mol. The Labute approximate surface area is 91.9 Å². The maximum atomic E-state index is 13.4. The van der Waals surface area contributed by atoms with E-state index in [0.29, 0.717) is 16.5 Å². The molecule has 0 radical (unpaired) electrons. The van der Waals surface area contributed by atoms with Crippen LogP contribution in [0.5, 0.6) is 0 Å². The highest BCUT2D eigenvalue weighted by molar-refractivity contribution is 9.10. The van der Waals surface area contributed by atoms with Crippen LogP contribution in [0.2, 0.25) is 0 Å². The molecular formula is C11H13BrFN. The minimum atomic E-state index is -0.330. The van der Waals surface area contributed by atoms with Crippen molar-refractivity contribution in [3.05, 3.63) is 46.2 Å². The normalized spacial score (nSPS) is 12.6. The Bertz CT molecular complexity index is 329. The minimum absolute atomic E-state index is 0.270. The van der Waals surface area contributed by atoms with Crippen LogP contribution in [0.15, 0.2) is 34.8 Å². The highest BCUT2D eigenvalue weighted by Gasteiger charge is 2.14. The molecule has 0 amide bonds. The Morgan fingerprint density at radius 3 is 2.79 bits per heavy atom. The van der Waals surface area contributed by atoms with Crippen molar-refractivity contribution in [2.24, 2.45) is 5.73 Å². The molecule has 0 aliphatic heterocycles. The molecule has 0 fully saturated rings. The molecule has 1 atom stereocenters. The van der Waals surface area contributed by atoms with Gasteiger partial charge in [0.25, 0.3) is 0 Å². The fourth-order valence-corrected chi connectivity index (χ4v) is 1.98. The van der Waals surface area contributed by atoms with Crippen molar-refractivity contribution in [3.8, 4) is 0 Å². The van der Waals surface area contributed by atoms with E-state index >= 15 is 0 Å². The van der Waals surface area contributed by atoms with Crippen molar-refractivity contribution >= 4 is 15.9 Å². The zero-order valence-corrected chi connectivity index (χ0v) is 9.64. The van der Waals surface area contributed by atoms with Gasteiger partial charge in [-0.3, -0.25) is 0 Å². The van der Waals surface area contributed by atoms with Crippen LogP contribution < -0.4 is 5.73 Å². The summed E-state index contributed by atoms with van der Waals surface area (Å²) in [6.45, 7) is 5.65. The second-order valence-electron chi connectivity index (χ2n) is 3.40. The van der Waals surface area contributed by atoms with Gasteiger partial charge in [0.1, 0.15) is 5.82 Å². The standard InChI is InChI=1S/C11H13BrFN/c1-7(2)6-10(14)11-8(12)4-3-5-9(11)13/h3-5,10H,1,6,14H2,2H3/t10-/m0/s1. The van der Waals surface area contributed by atoms with Crippen molar-refractivity contribution in [2.75, 3.05) is 0 Å². The number of rotatable bonds is 3. The van der Waals surface area contributed by atoms with Gasteiger partial charge in [0, 0.05) is 16.1 Å². The molecule has 2 N–H and O–H groups in total. The molecule has 0 saturated heterocycles. The molecule has 0 bridgehead atoms. The van der Waals surface area contributed by atoms with Gasteiger partial charge in [-0.05, 0) is 25.5 Å². The summed E-state index contributed by atoms with van der Waals surface area (Å²) in [5, 5.41) is 0. The van der Waals surface area contributed by atoms with E-state index in [2.05, 4.69) is 22.5 Å². The molecule has 3 heteroatoms. The van der Waals surface area contributed by atoms with Crippen molar-refractivity contribution < 1.29 is 4.39 Å². The summed E-state index contributed by atoms with van der Waals surface area (Å²) < 4.78 is 14.1. The second kappa shape index (κ2) is 4.71. The minimum Gasteiger partial charge on any atom is -0.324 e. The molecule has 14 heavy (non-hydrogen) atoms. The fourth-order valence-electron chi connectivity index (χ4n) is 1.34. The molecule has 0 saturated carbocycles. The van der Waals surface area contributed by atoms with Gasteiger partial charge in [-0.25, -0.2) is 4.39 Å². The third-order valence-electron chi connectivity index (χ3n) is 1.94. The summed E-state index contributed by atoms with van der Waals surface area (Å²) in [5.41, 5.74) is 7.34. The van der Waals surface area contributed by atoms with E-state index in [1.807, 2.05) is 6.92 Å². The van der Waals surface area contributed by atoms with Gasteiger partial charge in [-0.2, -0.15) is 0 Å². The van der Waals surface area contributed by atoms with Crippen molar-refractivity contribution in [3.63, 3.8) is 0 Å². The number of hydrogen-bond acceptors (Lipinski definition) is 1. The SMILES string of the molecule is C=C(C)C[C@H](N)c1c(F)cccc1Br. The molecule has 0 spiro atoms. The maximum Gasteiger partial charge on any atom is 0.129 e. The molecule has 76 valence electrons. The molecule has 1 aromatic rings. The van der Waals surface area contributed by atoms with E-state index < -0.39 is 0 Å². The molecule has 0 heterocycles. The predicted octanol–water partition coefficient (Wildman–Crippen LogP) is 3.55. The van der Waals surface area contributed by atoms with Crippen LogP contribution in [0.3, 0.4) is 0 Å². The molecule has 1 aromatic carbocycles. The van der Waals surface area contributed by atoms with Gasteiger partial charge in [-0.15, -0.1) is 6.58 Å². The van der Waals surface area contributed by atoms with E-state index in [0.717, 1.165) is 5.57 Å². The van der Waals surface area contributed by atoms with E-state index in [4.69, 9.17) is 5.73 Å². The van der Waals surface area contributed by atoms with Crippen LogP contribution in [-0.2, 0) is 0 Å². The molecule has 1 rings (SSSR count). The monoisotopic (exact) mass is 257 g/mol. The highest BCUT2D eigenvalue weighted by atomic mass is 79.9. The van der Waals surface area contributed by atoms with Crippen molar-refractivity contribution in [1.82, 2.24) is 0 Å². The number of benzene rings is 1. The lowest BCUT2D eigenvalue weighted by atomic mass is 10.0. The first-order valence-electron chi connectivity index (χ1n) is 4.36. The third kappa shape index (κ3) is 2.66. The smallest absolute Gasteiger partial charge is 0.129 e. The van der Waals surface area contributed by atoms with Crippen LogP contribution in [0, 0.1) is 5.82 Å². The quantitative estimate of drug-likeness (QED) is 0.824. The lowest BCUT2D eigenvalue weighted by Crippen LogP contribution is -2.13. The lowest BCUT2D eigenvalue weighted by Gasteiger charge is -2.14. The van der Waals surface area contributed by atoms with Gasteiger partial charge in [0.15, 0.2) is 0 Å². The molecule has 0 aliphatic rings. The Kier molecular flexibility index (Phi) is 3.84. The summed E-state index contributed by atoms with van der Waals surface area (Å²) in [6.07, 6.45) is 0.597. The fraction of sp³-hybridized carbons (Fsp3) is 0.273. The van der Waals surface area contributed by atoms with Crippen LogP contribution in [0.4, 0.5) is 4.39 Å². The van der Waals surface area contributed by atoms with Crippen molar-refractivity contribution in [2.45, 2.75) is 19.4 Å². The third-order valence-corrected chi connectivity index (χ3v) is 2.63. The predicted molar refractivity (Wildman–Crippen MR) is 60.5 cm³/mol. The number of hydrogen-bond donors (Lipinski definition) is 1. The van der Waals surface area contributed by atoms with Gasteiger partial charge < -0.3 is 5.73 Å². The van der Waals surface area contributed by atoms with Gasteiger partial charge in [-0.1, -0.05) is 27.6 Å². The Morgan fingerprint density at radius 1 is 1.64 bits per heavy atom. The van der Waals surface area contributed by atoms with Crippen LogP contribution in [0.1, 0.15) is 24.9 Å². The first-order chi connectivity index (χ1) is 6.52. The van der Waals surface area contributed by atoms with E-state index in [-0.39, 0.29) is 11.9 Å². The Morgan fingerprint density at radius 2 is 2.29 bits per heavy atom. The molecule has 0 aromatic heterocycles. The Balaban J connectivity index is 2.99. The van der Waals surface area contributed by atoms with E-state index in [9.17, 15) is 4.39 Å². The average molecular weight is 258 g/mol. The molecule has 1 nitrogen and oxygen atoms in total. The van der Waals surface area contributed by atoms with Crippen molar-refractivity contribution in [1.29, 1.82) is 0 Å². The first kappa shape index (κ1) is 11.4. The lowest BCUT2D eigenvalue weighted by molar-refractivity contribution is 0.577.